The van der Waals surface area contributed by atoms with E-state index in [0.29, 0.717) is 38.7 Å². The van der Waals surface area contributed by atoms with Crippen LogP contribution in [0.25, 0.3) is 0 Å². The quantitative estimate of drug-likeness (QED) is 0.0507. The molecule has 45 heavy (non-hydrogen) atoms. The van der Waals surface area contributed by atoms with Gasteiger partial charge in [-0.25, -0.2) is 0 Å². The molecule has 6 nitrogen and oxygen atoms in total. The molecule has 0 unspecified atom stereocenters. The zero-order valence-electron chi connectivity index (χ0n) is 29.1. The van der Waals surface area contributed by atoms with Gasteiger partial charge in [0.2, 0.25) is 0 Å². The molecule has 1 rings (SSSR count). The van der Waals surface area contributed by atoms with Crippen molar-refractivity contribution in [3.05, 3.63) is 36.5 Å². The van der Waals surface area contributed by atoms with Crippen molar-refractivity contribution in [2.45, 2.75) is 180 Å². The minimum Gasteiger partial charge on any atom is -0.466 e. The van der Waals surface area contributed by atoms with Gasteiger partial charge in [-0.15, -0.1) is 0 Å². The summed E-state index contributed by atoms with van der Waals surface area (Å²) in [5.41, 5.74) is 0. The summed E-state index contributed by atoms with van der Waals surface area (Å²) in [6.07, 6.45) is 33.1. The van der Waals surface area contributed by atoms with Gasteiger partial charge >= 0.3 is 11.9 Å². The van der Waals surface area contributed by atoms with Gasteiger partial charge in [0, 0.05) is 25.2 Å². The molecule has 1 aliphatic carbocycles. The fraction of sp³-hybridized carbons (Fsp3) is 0.795. The first-order chi connectivity index (χ1) is 21.9. The first kappa shape index (κ1) is 41.1. The third-order valence-corrected chi connectivity index (χ3v) is 8.87. The van der Waals surface area contributed by atoms with Crippen LogP contribution in [-0.4, -0.2) is 47.1 Å². The highest BCUT2D eigenvalue weighted by Gasteiger charge is 2.42. The van der Waals surface area contributed by atoms with Gasteiger partial charge in [0.1, 0.15) is 6.10 Å². The molecule has 0 radical (unpaired) electrons. The van der Waals surface area contributed by atoms with E-state index in [9.17, 15) is 19.8 Å². The molecule has 5 atom stereocenters. The van der Waals surface area contributed by atoms with Crippen LogP contribution in [0.1, 0.15) is 162 Å². The van der Waals surface area contributed by atoms with Crippen LogP contribution in [0.5, 0.6) is 0 Å². The second-order valence-corrected chi connectivity index (χ2v) is 12.9. The monoisotopic (exact) mass is 633 g/mol. The largest absolute Gasteiger partial charge is 0.466 e. The number of rotatable bonds is 28. The van der Waals surface area contributed by atoms with Gasteiger partial charge in [-0.05, 0) is 63.7 Å². The van der Waals surface area contributed by atoms with Gasteiger partial charge in [-0.2, -0.15) is 0 Å². The number of ether oxygens (including phenoxy) is 2. The maximum absolute atomic E-state index is 12.1. The summed E-state index contributed by atoms with van der Waals surface area (Å²) >= 11 is 0. The number of hydrogen-bond acceptors (Lipinski definition) is 6. The summed E-state index contributed by atoms with van der Waals surface area (Å²) < 4.78 is 11.1. The highest BCUT2D eigenvalue weighted by Crippen LogP contribution is 2.38. The Kier molecular flexibility index (Phi) is 25.9. The van der Waals surface area contributed by atoms with Crippen LogP contribution in [0, 0.1) is 11.8 Å². The van der Waals surface area contributed by atoms with E-state index in [4.69, 9.17) is 9.47 Å². The van der Waals surface area contributed by atoms with Crippen LogP contribution < -0.4 is 0 Å². The van der Waals surface area contributed by atoms with E-state index in [1.54, 1.807) is 6.92 Å². The Balaban J connectivity index is 2.21. The van der Waals surface area contributed by atoms with E-state index < -0.39 is 12.2 Å². The van der Waals surface area contributed by atoms with Gasteiger partial charge in [0.05, 0.1) is 18.8 Å². The summed E-state index contributed by atoms with van der Waals surface area (Å²) in [6.45, 7) is 6.67. The molecule has 2 N–H and O–H groups in total. The molecule has 0 saturated heterocycles. The Morgan fingerprint density at radius 3 is 2.04 bits per heavy atom. The third-order valence-electron chi connectivity index (χ3n) is 8.87. The average Bonchev–Trinajstić information content (AvgIpc) is 3.32. The minimum atomic E-state index is -0.571. The van der Waals surface area contributed by atoms with Crippen LogP contribution in [0.4, 0.5) is 0 Å². The Labute approximate surface area is 276 Å². The number of carbonyl (C=O) groups excluding carboxylic acids is 2. The lowest BCUT2D eigenvalue weighted by atomic mass is 9.89. The molecule has 1 saturated carbocycles. The Bertz CT molecular complexity index is 818. The third kappa shape index (κ3) is 21.5. The first-order valence-electron chi connectivity index (χ1n) is 18.6. The first-order valence-corrected chi connectivity index (χ1v) is 18.6. The van der Waals surface area contributed by atoms with Crippen molar-refractivity contribution in [2.24, 2.45) is 11.8 Å². The fourth-order valence-electron chi connectivity index (χ4n) is 6.01. The summed E-state index contributed by atoms with van der Waals surface area (Å²) in [5, 5.41) is 21.1. The van der Waals surface area contributed by atoms with Gasteiger partial charge < -0.3 is 19.7 Å². The van der Waals surface area contributed by atoms with Crippen molar-refractivity contribution in [3.63, 3.8) is 0 Å². The number of esters is 2. The molecule has 0 aromatic rings. The fourth-order valence-corrected chi connectivity index (χ4v) is 6.01. The van der Waals surface area contributed by atoms with Crippen molar-refractivity contribution >= 4 is 11.9 Å². The molecule has 0 amide bonds. The predicted molar refractivity (Wildman–Crippen MR) is 186 cm³/mol. The highest BCUT2D eigenvalue weighted by molar-refractivity contribution is 5.69. The van der Waals surface area contributed by atoms with Crippen molar-refractivity contribution in [1.29, 1.82) is 0 Å². The zero-order valence-corrected chi connectivity index (χ0v) is 29.1. The lowest BCUT2D eigenvalue weighted by molar-refractivity contribution is -0.150. The van der Waals surface area contributed by atoms with Gasteiger partial charge in [-0.1, -0.05) is 121 Å². The molecular weight excluding hydrogens is 564 g/mol. The smallest absolute Gasteiger partial charge is 0.305 e. The molecule has 0 spiro atoms. The molecule has 6 heteroatoms. The molecule has 0 aromatic carbocycles. The molecule has 1 aliphatic rings. The van der Waals surface area contributed by atoms with Crippen LogP contribution >= 0.6 is 0 Å². The topological polar surface area (TPSA) is 93.1 Å². The SMILES string of the molecule is CCCCCC/C=C/CCCCCCCCOC(=O)CCC/C=C\C[C@@H]1[C@@H](/C=C/[C@@H](O)CCCCC)[C@H](OC(=O)CC)C[C@@H]1O. The lowest BCUT2D eigenvalue weighted by Gasteiger charge is -2.22. The number of carbonyl (C=O) groups is 2. The number of unbranched alkanes of at least 4 members (excludes halogenated alkanes) is 13. The van der Waals surface area contributed by atoms with Gasteiger partial charge in [-0.3, -0.25) is 9.59 Å². The summed E-state index contributed by atoms with van der Waals surface area (Å²) in [5.74, 6) is -0.608. The summed E-state index contributed by atoms with van der Waals surface area (Å²) in [6, 6.07) is 0. The molecule has 0 heterocycles. The maximum atomic E-state index is 12.1. The van der Waals surface area contributed by atoms with Gasteiger partial charge in [0.15, 0.2) is 0 Å². The molecule has 0 aromatic heterocycles. The van der Waals surface area contributed by atoms with E-state index >= 15 is 0 Å². The average molecular weight is 633 g/mol. The maximum Gasteiger partial charge on any atom is 0.305 e. The standard InChI is InChI=1S/C39H68O6/c1-4-7-9-10-11-12-13-14-15-16-17-18-21-25-31-44-39(43)28-24-20-19-23-27-34-35(30-29-33(40)26-22-8-5-2)37(32-36(34)41)45-38(42)6-3/h12-13,19,23,29-30,33-37,40-41H,4-11,14-18,20-22,24-28,31-32H2,1-3H3/b13-12+,23-19-,30-29+/t33-,34+,35+,36-,37+/m0/s1. The number of allylic oxidation sites excluding steroid dienone is 4. The zero-order chi connectivity index (χ0) is 33.0. The normalized spacial score (nSPS) is 20.9. The highest BCUT2D eigenvalue weighted by atomic mass is 16.5. The second-order valence-electron chi connectivity index (χ2n) is 12.9. The van der Waals surface area contributed by atoms with Gasteiger partial charge in [0.25, 0.3) is 0 Å². The molecule has 1 fully saturated rings. The summed E-state index contributed by atoms with van der Waals surface area (Å²) in [7, 11) is 0. The molecule has 0 aliphatic heterocycles. The molecular formula is C39H68O6. The molecule has 0 bridgehead atoms. The van der Waals surface area contributed by atoms with Crippen LogP contribution in [0.3, 0.4) is 0 Å². The van der Waals surface area contributed by atoms with E-state index in [-0.39, 0.29) is 29.9 Å². The Morgan fingerprint density at radius 2 is 1.36 bits per heavy atom. The Morgan fingerprint density at radius 1 is 0.756 bits per heavy atom. The van der Waals surface area contributed by atoms with Crippen molar-refractivity contribution in [3.8, 4) is 0 Å². The number of hydrogen-bond donors (Lipinski definition) is 2. The Hall–Kier alpha value is -1.92. The van der Waals surface area contributed by atoms with Crippen LogP contribution in [-0.2, 0) is 19.1 Å². The van der Waals surface area contributed by atoms with E-state index in [0.717, 1.165) is 44.9 Å². The number of aliphatic hydroxyl groups excluding tert-OH is 2. The minimum absolute atomic E-state index is 0.0816. The van der Waals surface area contributed by atoms with E-state index in [1.807, 2.05) is 12.2 Å². The van der Waals surface area contributed by atoms with Crippen LogP contribution in [0.2, 0.25) is 0 Å². The second kappa shape index (κ2) is 28.3. The van der Waals surface area contributed by atoms with Crippen molar-refractivity contribution < 1.29 is 29.3 Å². The predicted octanol–water partition coefficient (Wildman–Crippen LogP) is 9.72. The van der Waals surface area contributed by atoms with E-state index in [2.05, 4.69) is 38.2 Å². The van der Waals surface area contributed by atoms with Crippen molar-refractivity contribution in [1.82, 2.24) is 0 Å². The van der Waals surface area contributed by atoms with Crippen molar-refractivity contribution in [2.75, 3.05) is 6.61 Å². The van der Waals surface area contributed by atoms with E-state index in [1.165, 1.54) is 64.2 Å². The summed E-state index contributed by atoms with van der Waals surface area (Å²) in [4.78, 5) is 24.1. The lowest BCUT2D eigenvalue weighted by Crippen LogP contribution is -2.24. The number of aliphatic hydroxyl groups is 2. The molecule has 260 valence electrons. The van der Waals surface area contributed by atoms with Crippen LogP contribution in [0.15, 0.2) is 36.5 Å².